The Morgan fingerprint density at radius 2 is 1.82 bits per heavy atom. The van der Waals surface area contributed by atoms with Gasteiger partial charge in [-0.2, -0.15) is 5.10 Å². The van der Waals surface area contributed by atoms with Crippen LogP contribution in [0.5, 0.6) is 0 Å². The molecule has 0 amide bonds. The molecule has 0 saturated heterocycles. The highest BCUT2D eigenvalue weighted by atomic mass is 16.5. The lowest BCUT2D eigenvalue weighted by Crippen LogP contribution is -2.23. The zero-order valence-corrected chi connectivity index (χ0v) is 18.1. The summed E-state index contributed by atoms with van der Waals surface area (Å²) in [7, 11) is 0. The quantitative estimate of drug-likeness (QED) is 0.670. The van der Waals surface area contributed by atoms with E-state index in [0.29, 0.717) is 18.4 Å². The van der Waals surface area contributed by atoms with E-state index in [9.17, 15) is 4.79 Å². The van der Waals surface area contributed by atoms with Gasteiger partial charge >= 0.3 is 5.97 Å². The summed E-state index contributed by atoms with van der Waals surface area (Å²) in [4.78, 5) is 16.9. The van der Waals surface area contributed by atoms with Crippen molar-refractivity contribution in [1.82, 2.24) is 14.8 Å². The molecule has 0 radical (unpaired) electrons. The summed E-state index contributed by atoms with van der Waals surface area (Å²) >= 11 is 0. The highest BCUT2D eigenvalue weighted by Crippen LogP contribution is 2.36. The molecule has 0 N–H and O–H groups in total. The van der Waals surface area contributed by atoms with E-state index >= 15 is 0 Å². The second-order valence-electron chi connectivity index (χ2n) is 8.29. The number of nitrogens with zero attached hydrogens (tertiary/aromatic N) is 3. The minimum atomic E-state index is -0.0362. The van der Waals surface area contributed by atoms with E-state index < -0.39 is 0 Å². The van der Waals surface area contributed by atoms with Crippen LogP contribution in [0.25, 0.3) is 5.69 Å². The fourth-order valence-corrected chi connectivity index (χ4v) is 4.63. The molecule has 0 unspecified atom stereocenters. The molecule has 1 saturated carbocycles. The fraction of sp³-hybridized carbons (Fsp3) is 0.609. The van der Waals surface area contributed by atoms with Crippen LogP contribution >= 0.6 is 0 Å². The Balaban J connectivity index is 1.77. The molecule has 152 valence electrons. The van der Waals surface area contributed by atoms with E-state index in [0.717, 1.165) is 48.5 Å². The normalized spacial score (nSPS) is 19.8. The summed E-state index contributed by atoms with van der Waals surface area (Å²) in [6.07, 6.45) is 3.77. The molecule has 28 heavy (non-hydrogen) atoms. The largest absolute Gasteiger partial charge is 0.466 e. The van der Waals surface area contributed by atoms with E-state index in [1.165, 1.54) is 11.3 Å². The average molecular weight is 384 g/mol. The molecular weight excluding hydrogens is 350 g/mol. The molecule has 1 fully saturated rings. The standard InChI is InChI=1S/C23H33N3O2/c1-7-28-23(27)19-10-8-18(9-11-19)20-12-13-21(15(4)24-20)26-17(6)22(14(2)3)16(5)25-26/h12-14,18-19H,7-11H2,1-6H3. The number of carbonyl (C=O) groups is 1. The molecule has 1 aliphatic rings. The minimum Gasteiger partial charge on any atom is -0.466 e. The van der Waals surface area contributed by atoms with Crippen molar-refractivity contribution in [3.8, 4) is 5.69 Å². The highest BCUT2D eigenvalue weighted by Gasteiger charge is 2.29. The van der Waals surface area contributed by atoms with E-state index in [-0.39, 0.29) is 11.9 Å². The summed E-state index contributed by atoms with van der Waals surface area (Å²) in [5.41, 5.74) is 6.80. The predicted octanol–water partition coefficient (Wildman–Crippen LogP) is 5.15. The Kier molecular flexibility index (Phi) is 6.21. The van der Waals surface area contributed by atoms with Crippen LogP contribution < -0.4 is 0 Å². The molecule has 0 aromatic carbocycles. The lowest BCUT2D eigenvalue weighted by molar-refractivity contribution is -0.149. The van der Waals surface area contributed by atoms with Gasteiger partial charge in [0.15, 0.2) is 0 Å². The smallest absolute Gasteiger partial charge is 0.308 e. The van der Waals surface area contributed by atoms with Crippen molar-refractivity contribution in [1.29, 1.82) is 0 Å². The third-order valence-corrected chi connectivity index (χ3v) is 6.00. The predicted molar refractivity (Wildman–Crippen MR) is 111 cm³/mol. The van der Waals surface area contributed by atoms with Crippen molar-refractivity contribution in [2.45, 2.75) is 79.1 Å². The first-order chi connectivity index (χ1) is 13.3. The third-order valence-electron chi connectivity index (χ3n) is 6.00. The number of aromatic nitrogens is 3. The summed E-state index contributed by atoms with van der Waals surface area (Å²) in [6.45, 7) is 13.0. The molecule has 5 nitrogen and oxygen atoms in total. The van der Waals surface area contributed by atoms with Crippen LogP contribution in [0.3, 0.4) is 0 Å². The number of esters is 1. The molecule has 2 heterocycles. The van der Waals surface area contributed by atoms with Gasteiger partial charge in [0.2, 0.25) is 0 Å². The molecule has 0 spiro atoms. The highest BCUT2D eigenvalue weighted by molar-refractivity contribution is 5.72. The lowest BCUT2D eigenvalue weighted by Gasteiger charge is -2.27. The van der Waals surface area contributed by atoms with E-state index in [2.05, 4.69) is 46.8 Å². The first kappa shape index (κ1) is 20.6. The Bertz CT molecular complexity index is 846. The van der Waals surface area contributed by atoms with Gasteiger partial charge in [-0.15, -0.1) is 0 Å². The van der Waals surface area contributed by atoms with Crippen molar-refractivity contribution in [3.63, 3.8) is 0 Å². The van der Waals surface area contributed by atoms with Gasteiger partial charge in [0.1, 0.15) is 0 Å². The van der Waals surface area contributed by atoms with E-state index in [1.54, 1.807) is 0 Å². The van der Waals surface area contributed by atoms with Crippen LogP contribution in [-0.4, -0.2) is 27.3 Å². The fourth-order valence-electron chi connectivity index (χ4n) is 4.63. The molecule has 2 aromatic rings. The van der Waals surface area contributed by atoms with Crippen molar-refractivity contribution >= 4 is 5.97 Å². The maximum Gasteiger partial charge on any atom is 0.308 e. The number of aryl methyl sites for hydroxylation is 2. The summed E-state index contributed by atoms with van der Waals surface area (Å²) < 4.78 is 7.22. The Labute approximate surface area is 168 Å². The van der Waals surface area contributed by atoms with Crippen LogP contribution in [0.15, 0.2) is 12.1 Å². The number of ether oxygens (including phenoxy) is 1. The third kappa shape index (κ3) is 3.98. The molecule has 3 rings (SSSR count). The molecule has 1 aliphatic carbocycles. The van der Waals surface area contributed by atoms with Crippen molar-refractivity contribution in [2.75, 3.05) is 6.61 Å². The second-order valence-corrected chi connectivity index (χ2v) is 8.29. The number of hydrogen-bond acceptors (Lipinski definition) is 4. The Hall–Kier alpha value is -2.17. The summed E-state index contributed by atoms with van der Waals surface area (Å²) in [5, 5.41) is 4.78. The van der Waals surface area contributed by atoms with Gasteiger partial charge < -0.3 is 4.74 Å². The van der Waals surface area contributed by atoms with Crippen LogP contribution in [0.2, 0.25) is 0 Å². The van der Waals surface area contributed by atoms with Gasteiger partial charge in [0.05, 0.1) is 29.6 Å². The van der Waals surface area contributed by atoms with Crippen LogP contribution in [0.1, 0.15) is 86.6 Å². The van der Waals surface area contributed by atoms with Gasteiger partial charge in [-0.3, -0.25) is 9.78 Å². The maximum absolute atomic E-state index is 12.0. The second kappa shape index (κ2) is 8.46. The van der Waals surface area contributed by atoms with Gasteiger partial charge in [0.25, 0.3) is 0 Å². The molecule has 0 aliphatic heterocycles. The molecule has 0 bridgehead atoms. The lowest BCUT2D eigenvalue weighted by atomic mass is 9.80. The molecule has 5 heteroatoms. The van der Waals surface area contributed by atoms with Crippen LogP contribution in [0.4, 0.5) is 0 Å². The van der Waals surface area contributed by atoms with E-state index in [4.69, 9.17) is 14.8 Å². The van der Waals surface area contributed by atoms with Gasteiger partial charge in [-0.1, -0.05) is 13.8 Å². The number of carbonyl (C=O) groups excluding carboxylic acids is 1. The number of pyridine rings is 1. The van der Waals surface area contributed by atoms with Gasteiger partial charge in [0, 0.05) is 17.3 Å². The van der Waals surface area contributed by atoms with Gasteiger partial charge in [-0.25, -0.2) is 4.68 Å². The maximum atomic E-state index is 12.0. The minimum absolute atomic E-state index is 0.0362. The van der Waals surface area contributed by atoms with Crippen LogP contribution in [-0.2, 0) is 9.53 Å². The van der Waals surface area contributed by atoms with Crippen molar-refractivity contribution in [3.05, 3.63) is 40.5 Å². The Morgan fingerprint density at radius 1 is 1.14 bits per heavy atom. The monoisotopic (exact) mass is 383 g/mol. The van der Waals surface area contributed by atoms with Gasteiger partial charge in [-0.05, 0) is 77.0 Å². The molecule has 0 atom stereocenters. The average Bonchev–Trinajstić information content (AvgIpc) is 2.96. The topological polar surface area (TPSA) is 57.0 Å². The number of hydrogen-bond donors (Lipinski definition) is 0. The SMILES string of the molecule is CCOC(=O)C1CCC(c2ccc(-n3nc(C)c(C(C)C)c3C)c(C)n2)CC1. The summed E-state index contributed by atoms with van der Waals surface area (Å²) in [5.74, 6) is 0.896. The van der Waals surface area contributed by atoms with Crippen molar-refractivity contribution in [2.24, 2.45) is 5.92 Å². The number of rotatable bonds is 5. The molecule has 2 aromatic heterocycles. The first-order valence-corrected chi connectivity index (χ1v) is 10.5. The first-order valence-electron chi connectivity index (χ1n) is 10.5. The molecular formula is C23H33N3O2. The zero-order valence-electron chi connectivity index (χ0n) is 18.1. The van der Waals surface area contributed by atoms with Crippen LogP contribution in [0, 0.1) is 26.7 Å². The summed E-state index contributed by atoms with van der Waals surface area (Å²) in [6, 6.07) is 4.29. The Morgan fingerprint density at radius 3 is 2.36 bits per heavy atom. The zero-order chi connectivity index (χ0) is 20.4. The van der Waals surface area contributed by atoms with Crippen molar-refractivity contribution < 1.29 is 9.53 Å². The van der Waals surface area contributed by atoms with E-state index in [1.807, 2.05) is 11.6 Å².